The Bertz CT molecular complexity index is 835. The monoisotopic (exact) mass is 436 g/mol. The molecule has 0 aliphatic rings. The van der Waals surface area contributed by atoms with E-state index in [1.54, 1.807) is 0 Å². The molecule has 2 aromatic rings. The summed E-state index contributed by atoms with van der Waals surface area (Å²) in [6, 6.07) is 13.7. The van der Waals surface area contributed by atoms with Gasteiger partial charge in [0, 0.05) is 30.9 Å². The number of halogens is 3. The summed E-state index contributed by atoms with van der Waals surface area (Å²) in [6.45, 7) is 6.85. The van der Waals surface area contributed by atoms with Crippen LogP contribution in [-0.4, -0.2) is 31.2 Å². The van der Waals surface area contributed by atoms with Gasteiger partial charge in [0.1, 0.15) is 0 Å². The van der Waals surface area contributed by atoms with Crippen LogP contribution in [-0.2, 0) is 12.6 Å². The summed E-state index contributed by atoms with van der Waals surface area (Å²) in [5.74, 6) is 0. The van der Waals surface area contributed by atoms with Gasteiger partial charge in [-0.15, -0.1) is 0 Å². The average Bonchev–Trinajstić information content (AvgIpc) is 2.69. The lowest BCUT2D eigenvalue weighted by atomic mass is 9.86. The zero-order chi connectivity index (χ0) is 23.1. The third-order valence-corrected chi connectivity index (χ3v) is 5.02. The number of alkyl halides is 3. The molecule has 8 heteroatoms. The van der Waals surface area contributed by atoms with Gasteiger partial charge in [-0.2, -0.15) is 13.2 Å². The average molecular weight is 437 g/mol. The van der Waals surface area contributed by atoms with Gasteiger partial charge in [-0.05, 0) is 35.6 Å². The van der Waals surface area contributed by atoms with Crippen molar-refractivity contribution in [1.82, 2.24) is 10.6 Å². The zero-order valence-corrected chi connectivity index (χ0v) is 18.1. The number of hydrogen-bond acceptors (Lipinski definition) is 3. The van der Waals surface area contributed by atoms with Crippen LogP contribution < -0.4 is 21.7 Å². The predicted octanol–water partition coefficient (Wildman–Crippen LogP) is 4.40. The van der Waals surface area contributed by atoms with E-state index in [2.05, 4.69) is 16.0 Å². The number of nitrogens with two attached hydrogens (primary N) is 1. The lowest BCUT2D eigenvalue weighted by molar-refractivity contribution is -0.137. The number of nitrogens with one attached hydrogen (secondary N) is 3. The van der Waals surface area contributed by atoms with Crippen molar-refractivity contribution >= 4 is 11.7 Å². The molecule has 2 amide bonds. The van der Waals surface area contributed by atoms with Gasteiger partial charge in [-0.3, -0.25) is 0 Å². The Morgan fingerprint density at radius 3 is 2.29 bits per heavy atom. The molecule has 0 saturated heterocycles. The highest BCUT2D eigenvalue weighted by atomic mass is 19.4. The molecule has 0 saturated carbocycles. The van der Waals surface area contributed by atoms with E-state index >= 15 is 0 Å². The quantitative estimate of drug-likeness (QED) is 0.495. The number of carbonyl (C=O) groups is 1. The SMILES string of the molecule is CC(C)(C)[C@@H](CN[C@H](CN)Cc1ccccc1)NC(=O)Nc1cccc(C(F)(F)F)c1. The van der Waals surface area contributed by atoms with Gasteiger partial charge < -0.3 is 21.7 Å². The topological polar surface area (TPSA) is 79.2 Å². The first kappa shape index (κ1) is 24.7. The Balaban J connectivity index is 1.98. The molecule has 5 N–H and O–H groups in total. The molecule has 2 rings (SSSR count). The summed E-state index contributed by atoms with van der Waals surface area (Å²) in [5, 5.41) is 8.77. The van der Waals surface area contributed by atoms with Crippen molar-refractivity contribution in [1.29, 1.82) is 0 Å². The number of benzene rings is 2. The summed E-state index contributed by atoms with van der Waals surface area (Å²) in [4.78, 5) is 12.5. The van der Waals surface area contributed by atoms with Crippen LogP contribution in [0.1, 0.15) is 31.9 Å². The summed E-state index contributed by atoms with van der Waals surface area (Å²) >= 11 is 0. The van der Waals surface area contributed by atoms with Crippen molar-refractivity contribution in [3.63, 3.8) is 0 Å². The second kappa shape index (κ2) is 10.6. The van der Waals surface area contributed by atoms with Crippen molar-refractivity contribution in [3.05, 3.63) is 65.7 Å². The molecule has 5 nitrogen and oxygen atoms in total. The van der Waals surface area contributed by atoms with Crippen molar-refractivity contribution in [3.8, 4) is 0 Å². The minimum atomic E-state index is -4.47. The smallest absolute Gasteiger partial charge is 0.333 e. The molecule has 0 heterocycles. The summed E-state index contributed by atoms with van der Waals surface area (Å²) in [7, 11) is 0. The normalized spacial score (nSPS) is 14.0. The molecular weight excluding hydrogens is 405 g/mol. The first-order chi connectivity index (χ1) is 14.5. The maximum Gasteiger partial charge on any atom is 0.416 e. The third kappa shape index (κ3) is 8.22. The maximum absolute atomic E-state index is 12.9. The molecule has 170 valence electrons. The van der Waals surface area contributed by atoms with E-state index < -0.39 is 17.8 Å². The Hall–Kier alpha value is -2.58. The van der Waals surface area contributed by atoms with Crippen molar-refractivity contribution in [2.24, 2.45) is 11.1 Å². The largest absolute Gasteiger partial charge is 0.416 e. The summed E-state index contributed by atoms with van der Waals surface area (Å²) < 4.78 is 38.7. The van der Waals surface area contributed by atoms with Gasteiger partial charge in [0.2, 0.25) is 0 Å². The molecule has 0 fully saturated rings. The van der Waals surface area contributed by atoms with Gasteiger partial charge in [-0.1, -0.05) is 57.2 Å². The molecule has 2 atom stereocenters. The first-order valence-electron chi connectivity index (χ1n) is 10.2. The fourth-order valence-electron chi connectivity index (χ4n) is 3.09. The van der Waals surface area contributed by atoms with Gasteiger partial charge >= 0.3 is 12.2 Å². The van der Waals surface area contributed by atoms with Gasteiger partial charge in [0.05, 0.1) is 5.56 Å². The zero-order valence-electron chi connectivity index (χ0n) is 18.1. The van der Waals surface area contributed by atoms with Crippen LogP contribution in [0.5, 0.6) is 0 Å². The number of urea groups is 1. The highest BCUT2D eigenvalue weighted by Crippen LogP contribution is 2.30. The van der Waals surface area contributed by atoms with E-state index in [1.165, 1.54) is 12.1 Å². The third-order valence-electron chi connectivity index (χ3n) is 5.02. The molecular formula is C23H31F3N4O. The lowest BCUT2D eigenvalue weighted by Crippen LogP contribution is -2.53. The number of hydrogen-bond donors (Lipinski definition) is 4. The highest BCUT2D eigenvalue weighted by molar-refractivity contribution is 5.89. The molecule has 0 spiro atoms. The van der Waals surface area contributed by atoms with Crippen LogP contribution in [0.4, 0.5) is 23.7 Å². The Morgan fingerprint density at radius 1 is 1.03 bits per heavy atom. The molecule has 31 heavy (non-hydrogen) atoms. The van der Waals surface area contributed by atoms with Crippen molar-refractivity contribution < 1.29 is 18.0 Å². The molecule has 0 aliphatic heterocycles. The lowest BCUT2D eigenvalue weighted by Gasteiger charge is -2.33. The van der Waals surface area contributed by atoms with Crippen molar-refractivity contribution in [2.75, 3.05) is 18.4 Å². The van der Waals surface area contributed by atoms with Crippen LogP contribution >= 0.6 is 0 Å². The predicted molar refractivity (Wildman–Crippen MR) is 118 cm³/mol. The van der Waals surface area contributed by atoms with Crippen LogP contribution in [0.15, 0.2) is 54.6 Å². The molecule has 0 radical (unpaired) electrons. The van der Waals surface area contributed by atoms with E-state index in [9.17, 15) is 18.0 Å². The minimum absolute atomic E-state index is 0.0283. The van der Waals surface area contributed by atoms with E-state index in [1.807, 2.05) is 51.1 Å². The fraction of sp³-hybridized carbons (Fsp3) is 0.435. The highest BCUT2D eigenvalue weighted by Gasteiger charge is 2.31. The summed E-state index contributed by atoms with van der Waals surface area (Å²) in [5.41, 5.74) is 6.05. The molecule has 0 unspecified atom stereocenters. The van der Waals surface area contributed by atoms with E-state index in [4.69, 9.17) is 5.73 Å². The van der Waals surface area contributed by atoms with Crippen LogP contribution in [0.25, 0.3) is 0 Å². The Labute approximate surface area is 181 Å². The van der Waals surface area contributed by atoms with Gasteiger partial charge in [0.25, 0.3) is 0 Å². The maximum atomic E-state index is 12.9. The van der Waals surface area contributed by atoms with Crippen LogP contribution in [0.2, 0.25) is 0 Å². The number of rotatable bonds is 8. The molecule has 0 bridgehead atoms. The number of anilines is 1. The van der Waals surface area contributed by atoms with Crippen LogP contribution in [0.3, 0.4) is 0 Å². The van der Waals surface area contributed by atoms with E-state index in [0.717, 1.165) is 24.1 Å². The first-order valence-corrected chi connectivity index (χ1v) is 10.2. The van der Waals surface area contributed by atoms with Crippen LogP contribution in [0, 0.1) is 5.41 Å². The molecule has 2 aromatic carbocycles. The van der Waals surface area contributed by atoms with Gasteiger partial charge in [0.15, 0.2) is 0 Å². The fourth-order valence-corrected chi connectivity index (χ4v) is 3.09. The standard InChI is InChI=1S/C23H31F3N4O/c1-22(2,3)20(15-28-19(14-27)12-16-8-5-4-6-9-16)30-21(31)29-18-11-7-10-17(13-18)23(24,25)26/h4-11,13,19-20,28H,12,14-15,27H2,1-3H3,(H2,29,30,31)/t19-,20+/m0/s1. The van der Waals surface area contributed by atoms with E-state index in [-0.39, 0.29) is 23.2 Å². The van der Waals surface area contributed by atoms with E-state index in [0.29, 0.717) is 13.1 Å². The summed E-state index contributed by atoms with van der Waals surface area (Å²) in [6.07, 6.45) is -3.72. The molecule has 0 aromatic heterocycles. The Morgan fingerprint density at radius 2 is 1.71 bits per heavy atom. The van der Waals surface area contributed by atoms with Gasteiger partial charge in [-0.25, -0.2) is 4.79 Å². The minimum Gasteiger partial charge on any atom is -0.333 e. The molecule has 0 aliphatic carbocycles. The number of amides is 2. The number of carbonyl (C=O) groups excluding carboxylic acids is 1. The Kier molecular flexibility index (Phi) is 8.47. The second-order valence-electron chi connectivity index (χ2n) is 8.63. The second-order valence-corrected chi connectivity index (χ2v) is 8.63. The van der Waals surface area contributed by atoms with Crippen molar-refractivity contribution in [2.45, 2.75) is 45.5 Å².